The van der Waals surface area contributed by atoms with Crippen molar-refractivity contribution >= 4 is 28.7 Å². The lowest BCUT2D eigenvalue weighted by molar-refractivity contribution is -0.383. The number of hydrogen-bond acceptors (Lipinski definition) is 2. The van der Waals surface area contributed by atoms with Crippen molar-refractivity contribution in [1.82, 2.24) is 4.98 Å². The SMILES string of the molecule is O=[N+]([O-])c1cccc2[nH]c3c(c12)\C=C/C=C\C=C/3. The van der Waals surface area contributed by atoms with Gasteiger partial charge in [0.1, 0.15) is 0 Å². The van der Waals surface area contributed by atoms with E-state index in [1.54, 1.807) is 6.07 Å². The molecule has 0 aliphatic heterocycles. The topological polar surface area (TPSA) is 58.9 Å². The van der Waals surface area contributed by atoms with E-state index >= 15 is 0 Å². The first-order valence-electron chi connectivity index (χ1n) is 5.58. The summed E-state index contributed by atoms with van der Waals surface area (Å²) in [6.45, 7) is 0. The van der Waals surface area contributed by atoms with Crippen molar-refractivity contribution in [2.75, 3.05) is 0 Å². The largest absolute Gasteiger partial charge is 0.354 e. The molecule has 1 heterocycles. The molecule has 1 aliphatic carbocycles. The first kappa shape index (κ1) is 10.5. The summed E-state index contributed by atoms with van der Waals surface area (Å²) in [6.07, 6.45) is 11.4. The van der Waals surface area contributed by atoms with E-state index in [4.69, 9.17) is 0 Å². The number of rotatable bonds is 1. The standard InChI is InChI=1S/C14H10N2O2/c17-16(18)13-9-5-8-12-14(13)10-6-3-1-2-4-7-11(10)15-12/h1-9,15H/b2-1-,3-1?,4-2?,6-3-,7-4-,10-6?,11-7?. The first-order chi connectivity index (χ1) is 8.77. The van der Waals surface area contributed by atoms with Gasteiger partial charge in [-0.25, -0.2) is 0 Å². The van der Waals surface area contributed by atoms with E-state index in [0.717, 1.165) is 16.8 Å². The van der Waals surface area contributed by atoms with Gasteiger partial charge in [-0.1, -0.05) is 36.4 Å². The van der Waals surface area contributed by atoms with E-state index in [1.807, 2.05) is 42.5 Å². The van der Waals surface area contributed by atoms with Gasteiger partial charge in [-0.15, -0.1) is 0 Å². The molecule has 0 saturated carbocycles. The zero-order valence-electron chi connectivity index (χ0n) is 9.46. The van der Waals surface area contributed by atoms with Crippen LogP contribution in [-0.4, -0.2) is 9.91 Å². The van der Waals surface area contributed by atoms with Crippen LogP contribution in [0.4, 0.5) is 5.69 Å². The molecule has 4 heteroatoms. The predicted molar refractivity (Wildman–Crippen MR) is 72.2 cm³/mol. The molecule has 4 nitrogen and oxygen atoms in total. The van der Waals surface area contributed by atoms with Gasteiger partial charge >= 0.3 is 0 Å². The molecule has 0 atom stereocenters. The Kier molecular flexibility index (Phi) is 2.34. The molecular weight excluding hydrogens is 228 g/mol. The molecule has 1 aromatic carbocycles. The van der Waals surface area contributed by atoms with Crippen LogP contribution in [-0.2, 0) is 0 Å². The molecule has 1 aromatic heterocycles. The summed E-state index contributed by atoms with van der Waals surface area (Å²) in [4.78, 5) is 13.9. The number of non-ortho nitro benzene ring substituents is 1. The number of H-pyrrole nitrogens is 1. The molecule has 0 amide bonds. The van der Waals surface area contributed by atoms with Crippen LogP contribution in [0.25, 0.3) is 23.1 Å². The van der Waals surface area contributed by atoms with Crippen molar-refractivity contribution in [2.24, 2.45) is 0 Å². The Morgan fingerprint density at radius 2 is 1.83 bits per heavy atom. The van der Waals surface area contributed by atoms with Gasteiger partial charge in [0.25, 0.3) is 5.69 Å². The summed E-state index contributed by atoms with van der Waals surface area (Å²) in [5.74, 6) is 0. The van der Waals surface area contributed by atoms with Crippen LogP contribution in [0, 0.1) is 10.1 Å². The number of nitro benzene ring substituents is 1. The second-order valence-corrected chi connectivity index (χ2v) is 4.01. The average Bonchev–Trinajstić information content (AvgIpc) is 2.66. The number of nitrogens with zero attached hydrogens (tertiary/aromatic N) is 1. The number of aromatic nitrogens is 1. The van der Waals surface area contributed by atoms with Gasteiger partial charge in [-0.2, -0.15) is 0 Å². The summed E-state index contributed by atoms with van der Waals surface area (Å²) < 4.78 is 0. The molecule has 3 rings (SSSR count). The monoisotopic (exact) mass is 238 g/mol. The van der Waals surface area contributed by atoms with Crippen molar-refractivity contribution in [3.8, 4) is 0 Å². The maximum absolute atomic E-state index is 11.1. The van der Waals surface area contributed by atoms with Crippen LogP contribution in [0.2, 0.25) is 0 Å². The summed E-state index contributed by atoms with van der Waals surface area (Å²) in [5.41, 5.74) is 2.66. The average molecular weight is 238 g/mol. The summed E-state index contributed by atoms with van der Waals surface area (Å²) in [7, 11) is 0. The summed E-state index contributed by atoms with van der Waals surface area (Å²) in [5, 5.41) is 11.7. The van der Waals surface area contributed by atoms with E-state index in [1.165, 1.54) is 6.07 Å². The lowest BCUT2D eigenvalue weighted by atomic mass is 10.1. The van der Waals surface area contributed by atoms with Gasteiger partial charge in [0.05, 0.1) is 15.8 Å². The highest BCUT2D eigenvalue weighted by molar-refractivity contribution is 5.99. The van der Waals surface area contributed by atoms with Gasteiger partial charge < -0.3 is 4.98 Å². The van der Waals surface area contributed by atoms with E-state index in [0.29, 0.717) is 5.39 Å². The Balaban J connectivity index is 2.40. The van der Waals surface area contributed by atoms with Crippen LogP contribution in [0.15, 0.2) is 42.5 Å². The predicted octanol–water partition coefficient (Wildman–Crippen LogP) is 3.67. The third kappa shape index (κ3) is 1.55. The van der Waals surface area contributed by atoms with E-state index in [9.17, 15) is 10.1 Å². The number of benzene rings is 1. The molecule has 18 heavy (non-hydrogen) atoms. The number of nitro groups is 1. The molecule has 0 bridgehead atoms. The summed E-state index contributed by atoms with van der Waals surface area (Å²) in [6, 6.07) is 5.07. The maximum atomic E-state index is 11.1. The van der Waals surface area contributed by atoms with E-state index in [2.05, 4.69) is 4.98 Å². The number of aromatic amines is 1. The molecule has 0 unspecified atom stereocenters. The normalized spacial score (nSPS) is 18.7. The minimum atomic E-state index is -0.345. The van der Waals surface area contributed by atoms with Crippen LogP contribution >= 0.6 is 0 Å². The number of allylic oxidation sites excluding steroid dienone is 4. The minimum Gasteiger partial charge on any atom is -0.354 e. The lowest BCUT2D eigenvalue weighted by Gasteiger charge is -1.97. The number of hydrogen-bond donors (Lipinski definition) is 1. The first-order valence-corrected chi connectivity index (χ1v) is 5.58. The summed E-state index contributed by atoms with van der Waals surface area (Å²) >= 11 is 0. The van der Waals surface area contributed by atoms with Crippen molar-refractivity contribution in [3.63, 3.8) is 0 Å². The highest BCUT2D eigenvalue weighted by Gasteiger charge is 2.18. The van der Waals surface area contributed by atoms with Crippen LogP contribution in [0.1, 0.15) is 11.3 Å². The Morgan fingerprint density at radius 3 is 2.61 bits per heavy atom. The molecular formula is C14H10N2O2. The molecule has 0 saturated heterocycles. The van der Waals surface area contributed by atoms with Crippen molar-refractivity contribution < 1.29 is 4.92 Å². The molecule has 0 radical (unpaired) electrons. The molecule has 0 fully saturated rings. The number of fused-ring (bicyclic) bond motifs is 3. The van der Waals surface area contributed by atoms with Gasteiger partial charge in [-0.3, -0.25) is 10.1 Å². The highest BCUT2D eigenvalue weighted by Crippen LogP contribution is 2.32. The molecule has 1 aliphatic rings. The van der Waals surface area contributed by atoms with Gasteiger partial charge in [0.2, 0.25) is 0 Å². The van der Waals surface area contributed by atoms with Gasteiger partial charge in [-0.05, 0) is 12.1 Å². The van der Waals surface area contributed by atoms with E-state index in [-0.39, 0.29) is 10.6 Å². The number of nitrogens with one attached hydrogen (secondary N) is 1. The van der Waals surface area contributed by atoms with Crippen LogP contribution < -0.4 is 0 Å². The van der Waals surface area contributed by atoms with Crippen molar-refractivity contribution in [2.45, 2.75) is 0 Å². The van der Waals surface area contributed by atoms with Crippen LogP contribution in [0.5, 0.6) is 0 Å². The second kappa shape index (κ2) is 4.00. The fraction of sp³-hybridized carbons (Fsp3) is 0. The fourth-order valence-electron chi connectivity index (χ4n) is 2.16. The third-order valence-corrected chi connectivity index (χ3v) is 2.93. The van der Waals surface area contributed by atoms with E-state index < -0.39 is 0 Å². The smallest absolute Gasteiger partial charge is 0.279 e. The Bertz CT molecular complexity index is 721. The fourth-order valence-corrected chi connectivity index (χ4v) is 2.16. The Labute approximate surface area is 103 Å². The second-order valence-electron chi connectivity index (χ2n) is 4.01. The molecule has 0 spiro atoms. The zero-order valence-corrected chi connectivity index (χ0v) is 9.46. The quantitative estimate of drug-likeness (QED) is 0.608. The Morgan fingerprint density at radius 1 is 1.06 bits per heavy atom. The molecule has 1 N–H and O–H groups in total. The maximum Gasteiger partial charge on any atom is 0.279 e. The molecule has 2 aromatic rings. The Hall–Kier alpha value is -2.62. The third-order valence-electron chi connectivity index (χ3n) is 2.93. The highest BCUT2D eigenvalue weighted by atomic mass is 16.6. The lowest BCUT2D eigenvalue weighted by Crippen LogP contribution is -1.89. The van der Waals surface area contributed by atoms with Gasteiger partial charge in [0.15, 0.2) is 0 Å². The van der Waals surface area contributed by atoms with Crippen LogP contribution in [0.3, 0.4) is 0 Å². The van der Waals surface area contributed by atoms with Crippen molar-refractivity contribution in [1.29, 1.82) is 0 Å². The van der Waals surface area contributed by atoms with Crippen molar-refractivity contribution in [3.05, 3.63) is 63.9 Å². The molecule has 88 valence electrons. The van der Waals surface area contributed by atoms with Gasteiger partial charge in [0, 0.05) is 17.3 Å². The zero-order chi connectivity index (χ0) is 12.5. The minimum absolute atomic E-state index is 0.132.